The molecule has 3 rings (SSSR count). The predicted octanol–water partition coefficient (Wildman–Crippen LogP) is 4.45. The van der Waals surface area contributed by atoms with Crippen molar-refractivity contribution in [2.75, 3.05) is 14.2 Å². The molecule has 0 aliphatic carbocycles. The van der Waals surface area contributed by atoms with Crippen molar-refractivity contribution in [3.8, 4) is 17.1 Å². The second kappa shape index (κ2) is 8.64. The molecule has 9 heteroatoms. The standard InChI is InChI=1S/C20H22BrN3O4S/c1-13(2)14-5-7-15(8-6-14)20-22-19(28-23-20)12-24(3)29(25,26)16-9-10-18(27-4)17(21)11-16/h5-11,13H,12H2,1-4H3. The fourth-order valence-corrected chi connectivity index (χ4v) is 4.56. The fraction of sp³-hybridized carbons (Fsp3) is 0.300. The maximum Gasteiger partial charge on any atom is 0.243 e. The van der Waals surface area contributed by atoms with Crippen molar-refractivity contribution in [3.63, 3.8) is 0 Å². The van der Waals surface area contributed by atoms with Crippen LogP contribution in [-0.2, 0) is 16.6 Å². The summed E-state index contributed by atoms with van der Waals surface area (Å²) in [4.78, 5) is 4.47. The van der Waals surface area contributed by atoms with Crippen LogP contribution in [0, 0.1) is 0 Å². The molecule has 0 saturated carbocycles. The zero-order valence-electron chi connectivity index (χ0n) is 16.6. The van der Waals surface area contributed by atoms with Crippen LogP contribution in [0.5, 0.6) is 5.75 Å². The molecule has 0 N–H and O–H groups in total. The zero-order chi connectivity index (χ0) is 21.2. The monoisotopic (exact) mass is 479 g/mol. The van der Waals surface area contributed by atoms with Crippen LogP contribution < -0.4 is 4.74 Å². The molecule has 0 spiro atoms. The van der Waals surface area contributed by atoms with Gasteiger partial charge in [-0.05, 0) is 45.6 Å². The predicted molar refractivity (Wildman–Crippen MR) is 113 cm³/mol. The molecule has 0 aliphatic rings. The van der Waals surface area contributed by atoms with Gasteiger partial charge in [0.2, 0.25) is 21.7 Å². The third-order valence-corrected chi connectivity index (χ3v) is 6.91. The Hall–Kier alpha value is -2.23. The molecule has 0 unspecified atom stereocenters. The molecule has 0 fully saturated rings. The summed E-state index contributed by atoms with van der Waals surface area (Å²) < 4.78 is 37.8. The highest BCUT2D eigenvalue weighted by molar-refractivity contribution is 9.10. The molecule has 1 heterocycles. The minimum atomic E-state index is -3.74. The average Bonchev–Trinajstić information content (AvgIpc) is 3.16. The third kappa shape index (κ3) is 4.68. The van der Waals surface area contributed by atoms with Crippen molar-refractivity contribution in [2.45, 2.75) is 31.2 Å². The summed E-state index contributed by atoms with van der Waals surface area (Å²) in [5.74, 6) is 1.62. The number of ether oxygens (including phenoxy) is 1. The van der Waals surface area contributed by atoms with Crippen molar-refractivity contribution < 1.29 is 17.7 Å². The summed E-state index contributed by atoms with van der Waals surface area (Å²) in [6, 6.07) is 12.5. The number of hydrogen-bond acceptors (Lipinski definition) is 6. The van der Waals surface area contributed by atoms with E-state index in [1.165, 1.54) is 36.2 Å². The second-order valence-electron chi connectivity index (χ2n) is 6.85. The van der Waals surface area contributed by atoms with Crippen LogP contribution >= 0.6 is 15.9 Å². The van der Waals surface area contributed by atoms with Gasteiger partial charge in [-0.3, -0.25) is 0 Å². The largest absolute Gasteiger partial charge is 0.496 e. The Morgan fingerprint density at radius 2 is 1.86 bits per heavy atom. The normalized spacial score (nSPS) is 12.0. The molecule has 0 aliphatic heterocycles. The Bertz CT molecular complexity index is 1100. The molecule has 0 atom stereocenters. The molecule has 0 radical (unpaired) electrons. The lowest BCUT2D eigenvalue weighted by atomic mass is 10.0. The maximum atomic E-state index is 12.8. The van der Waals surface area contributed by atoms with Gasteiger partial charge in [0.1, 0.15) is 5.75 Å². The highest BCUT2D eigenvalue weighted by atomic mass is 79.9. The number of sulfonamides is 1. The lowest BCUT2D eigenvalue weighted by molar-refractivity contribution is 0.336. The van der Waals surface area contributed by atoms with Gasteiger partial charge < -0.3 is 9.26 Å². The molecule has 0 saturated heterocycles. The van der Waals surface area contributed by atoms with E-state index in [0.29, 0.717) is 22.0 Å². The molecular weight excluding hydrogens is 458 g/mol. The highest BCUT2D eigenvalue weighted by Gasteiger charge is 2.24. The van der Waals surface area contributed by atoms with Crippen molar-refractivity contribution in [3.05, 3.63) is 58.4 Å². The SMILES string of the molecule is COc1ccc(S(=O)(=O)N(C)Cc2nc(-c3ccc(C(C)C)cc3)no2)cc1Br. The number of aromatic nitrogens is 2. The van der Waals surface area contributed by atoms with Gasteiger partial charge in [0.05, 0.1) is 23.0 Å². The summed E-state index contributed by atoms with van der Waals surface area (Å²) in [5, 5.41) is 3.97. The van der Waals surface area contributed by atoms with Gasteiger partial charge in [-0.1, -0.05) is 43.3 Å². The van der Waals surface area contributed by atoms with Gasteiger partial charge in [0.25, 0.3) is 0 Å². The maximum absolute atomic E-state index is 12.8. The molecule has 3 aromatic rings. The van der Waals surface area contributed by atoms with Crippen LogP contribution in [0.15, 0.2) is 56.4 Å². The Morgan fingerprint density at radius 3 is 2.45 bits per heavy atom. The Kier molecular flexibility index (Phi) is 6.40. The molecule has 7 nitrogen and oxygen atoms in total. The van der Waals surface area contributed by atoms with E-state index in [-0.39, 0.29) is 17.3 Å². The smallest absolute Gasteiger partial charge is 0.243 e. The average molecular weight is 480 g/mol. The van der Waals surface area contributed by atoms with Gasteiger partial charge in [-0.2, -0.15) is 9.29 Å². The summed E-state index contributed by atoms with van der Waals surface area (Å²) in [6.45, 7) is 4.21. The third-order valence-electron chi connectivity index (χ3n) is 4.49. The number of nitrogens with zero attached hydrogens (tertiary/aromatic N) is 3. The zero-order valence-corrected chi connectivity index (χ0v) is 19.0. The van der Waals surface area contributed by atoms with Crippen LogP contribution in [0.1, 0.15) is 31.2 Å². The minimum absolute atomic E-state index is 0.0386. The van der Waals surface area contributed by atoms with E-state index >= 15 is 0 Å². The van der Waals surface area contributed by atoms with Crippen LogP contribution in [0.2, 0.25) is 0 Å². The van der Waals surface area contributed by atoms with Crippen LogP contribution in [0.4, 0.5) is 0 Å². The number of methoxy groups -OCH3 is 1. The van der Waals surface area contributed by atoms with Gasteiger partial charge in [-0.25, -0.2) is 8.42 Å². The van der Waals surface area contributed by atoms with Crippen molar-refractivity contribution in [1.82, 2.24) is 14.4 Å². The Morgan fingerprint density at radius 1 is 1.17 bits per heavy atom. The highest BCUT2D eigenvalue weighted by Crippen LogP contribution is 2.29. The van der Waals surface area contributed by atoms with Crippen LogP contribution in [0.25, 0.3) is 11.4 Å². The first-order valence-electron chi connectivity index (χ1n) is 8.95. The van der Waals surface area contributed by atoms with Crippen molar-refractivity contribution in [2.24, 2.45) is 0 Å². The van der Waals surface area contributed by atoms with E-state index < -0.39 is 10.0 Å². The number of hydrogen-bond donors (Lipinski definition) is 0. The summed E-state index contributed by atoms with van der Waals surface area (Å²) >= 11 is 3.31. The van der Waals surface area contributed by atoms with Gasteiger partial charge in [0.15, 0.2) is 0 Å². The quantitative estimate of drug-likeness (QED) is 0.497. The first-order chi connectivity index (χ1) is 13.7. The second-order valence-corrected chi connectivity index (χ2v) is 9.75. The lowest BCUT2D eigenvalue weighted by Crippen LogP contribution is -2.26. The molecule has 0 amide bonds. The van der Waals surface area contributed by atoms with E-state index in [9.17, 15) is 8.42 Å². The molecule has 0 bridgehead atoms. The minimum Gasteiger partial charge on any atom is -0.496 e. The molecule has 2 aromatic carbocycles. The fourth-order valence-electron chi connectivity index (χ4n) is 2.72. The number of rotatable bonds is 7. The molecular formula is C20H22BrN3O4S. The van der Waals surface area contributed by atoms with Crippen molar-refractivity contribution >= 4 is 26.0 Å². The summed E-state index contributed by atoms with van der Waals surface area (Å²) in [6.07, 6.45) is 0. The van der Waals surface area contributed by atoms with Gasteiger partial charge in [0, 0.05) is 12.6 Å². The summed E-state index contributed by atoms with van der Waals surface area (Å²) in [7, 11) is -0.750. The topological polar surface area (TPSA) is 85.5 Å². The number of halogens is 1. The van der Waals surface area contributed by atoms with E-state index in [2.05, 4.69) is 39.9 Å². The van der Waals surface area contributed by atoms with E-state index in [1.807, 2.05) is 24.3 Å². The van der Waals surface area contributed by atoms with Gasteiger partial charge in [-0.15, -0.1) is 0 Å². The Balaban J connectivity index is 1.77. The van der Waals surface area contributed by atoms with Crippen molar-refractivity contribution in [1.29, 1.82) is 0 Å². The first-order valence-corrected chi connectivity index (χ1v) is 11.2. The molecule has 1 aromatic heterocycles. The molecule has 29 heavy (non-hydrogen) atoms. The Labute approximate surface area is 178 Å². The van der Waals surface area contributed by atoms with Gasteiger partial charge >= 0.3 is 0 Å². The van der Waals surface area contributed by atoms with E-state index in [1.54, 1.807) is 6.07 Å². The lowest BCUT2D eigenvalue weighted by Gasteiger charge is -2.15. The first kappa shape index (κ1) is 21.5. The van der Waals surface area contributed by atoms with Crippen LogP contribution in [-0.4, -0.2) is 37.0 Å². The summed E-state index contributed by atoms with van der Waals surface area (Å²) in [5.41, 5.74) is 2.03. The van der Waals surface area contributed by atoms with E-state index in [4.69, 9.17) is 9.26 Å². The molecule has 154 valence electrons. The van der Waals surface area contributed by atoms with E-state index in [0.717, 1.165) is 5.56 Å². The van der Waals surface area contributed by atoms with Crippen LogP contribution in [0.3, 0.4) is 0 Å². The number of benzene rings is 2.